The Labute approximate surface area is 153 Å². The Morgan fingerprint density at radius 3 is 2.58 bits per heavy atom. The summed E-state index contributed by atoms with van der Waals surface area (Å²) < 4.78 is 0. The van der Waals surface area contributed by atoms with E-state index in [4.69, 9.17) is 22.3 Å². The van der Waals surface area contributed by atoms with Crippen LogP contribution in [0.2, 0.25) is 0 Å². The SMILES string of the molecule is NC(=O)Nc1sc(-c2cccc(/C=C/C[C@H](N)C(=O)O)c2)cc1C(N)=O. The highest BCUT2D eigenvalue weighted by Gasteiger charge is 2.16. The summed E-state index contributed by atoms with van der Waals surface area (Å²) in [5, 5.41) is 11.4. The number of nitrogens with one attached hydrogen (secondary N) is 1. The van der Waals surface area contributed by atoms with E-state index in [-0.39, 0.29) is 17.0 Å². The molecule has 136 valence electrons. The predicted molar refractivity (Wildman–Crippen MR) is 101 cm³/mol. The number of primary amides is 2. The number of thiophene rings is 1. The van der Waals surface area contributed by atoms with Gasteiger partial charge in [-0.1, -0.05) is 30.4 Å². The van der Waals surface area contributed by atoms with Gasteiger partial charge in [0.2, 0.25) is 0 Å². The zero-order valence-electron chi connectivity index (χ0n) is 13.6. The Morgan fingerprint density at radius 1 is 1.23 bits per heavy atom. The summed E-state index contributed by atoms with van der Waals surface area (Å²) in [6, 6.07) is 7.20. The number of urea groups is 1. The van der Waals surface area contributed by atoms with Gasteiger partial charge < -0.3 is 22.3 Å². The van der Waals surface area contributed by atoms with Crippen LogP contribution in [-0.2, 0) is 4.79 Å². The number of rotatable bonds is 7. The van der Waals surface area contributed by atoms with Crippen LogP contribution in [0.3, 0.4) is 0 Å². The van der Waals surface area contributed by atoms with Crippen molar-refractivity contribution in [2.45, 2.75) is 12.5 Å². The van der Waals surface area contributed by atoms with Crippen molar-refractivity contribution >= 4 is 40.3 Å². The van der Waals surface area contributed by atoms with Gasteiger partial charge in [-0.05, 0) is 29.7 Å². The molecule has 1 atom stereocenters. The highest BCUT2D eigenvalue weighted by atomic mass is 32.1. The quantitative estimate of drug-likeness (QED) is 0.498. The number of nitrogens with two attached hydrogens (primary N) is 3. The monoisotopic (exact) mass is 374 g/mol. The minimum Gasteiger partial charge on any atom is -0.480 e. The van der Waals surface area contributed by atoms with E-state index in [1.807, 2.05) is 24.3 Å². The molecule has 0 saturated carbocycles. The van der Waals surface area contributed by atoms with Crippen LogP contribution in [0.1, 0.15) is 22.3 Å². The number of carbonyl (C=O) groups is 3. The fraction of sp³-hybridized carbons (Fsp3) is 0.118. The van der Waals surface area contributed by atoms with Crippen LogP contribution in [0.25, 0.3) is 16.5 Å². The Hall–Kier alpha value is -3.17. The second kappa shape index (κ2) is 8.28. The van der Waals surface area contributed by atoms with Gasteiger partial charge in [0, 0.05) is 4.88 Å². The van der Waals surface area contributed by atoms with E-state index in [1.54, 1.807) is 18.2 Å². The molecule has 0 spiro atoms. The van der Waals surface area contributed by atoms with Gasteiger partial charge in [0.1, 0.15) is 11.0 Å². The minimum atomic E-state index is -1.06. The molecule has 1 heterocycles. The van der Waals surface area contributed by atoms with Crippen molar-refractivity contribution in [1.82, 2.24) is 0 Å². The predicted octanol–water partition coefficient (Wildman–Crippen LogP) is 1.82. The number of amides is 3. The van der Waals surface area contributed by atoms with E-state index in [0.29, 0.717) is 0 Å². The highest BCUT2D eigenvalue weighted by molar-refractivity contribution is 7.20. The van der Waals surface area contributed by atoms with E-state index in [9.17, 15) is 14.4 Å². The molecule has 0 unspecified atom stereocenters. The minimum absolute atomic E-state index is 0.178. The molecule has 1 aromatic heterocycles. The maximum atomic E-state index is 11.5. The van der Waals surface area contributed by atoms with E-state index in [1.165, 1.54) is 11.3 Å². The smallest absolute Gasteiger partial charge is 0.320 e. The maximum absolute atomic E-state index is 11.5. The summed E-state index contributed by atoms with van der Waals surface area (Å²) in [6.45, 7) is 0. The average Bonchev–Trinajstić information content (AvgIpc) is 2.98. The Morgan fingerprint density at radius 2 is 1.96 bits per heavy atom. The third-order valence-electron chi connectivity index (χ3n) is 3.42. The first-order valence-corrected chi connectivity index (χ1v) is 8.35. The normalized spacial score (nSPS) is 12.0. The topological polar surface area (TPSA) is 162 Å². The van der Waals surface area contributed by atoms with Crippen LogP contribution in [0.5, 0.6) is 0 Å². The largest absolute Gasteiger partial charge is 0.480 e. The number of carboxylic acids is 1. The zero-order chi connectivity index (χ0) is 19.3. The lowest BCUT2D eigenvalue weighted by Gasteiger charge is -2.02. The standard InChI is InChI=1S/C17H18N4O4S/c18-12(16(23)24)6-2-4-9-3-1-5-10(7-9)13-8-11(14(19)22)15(26-13)21-17(20)25/h1-5,7-8,12H,6,18H2,(H2,19,22)(H,23,24)(H3,20,21,25)/b4-2+/t12-/m0/s1. The summed E-state index contributed by atoms with van der Waals surface area (Å²) in [7, 11) is 0. The third-order valence-corrected chi connectivity index (χ3v) is 4.52. The first kappa shape index (κ1) is 19.2. The number of carbonyl (C=O) groups excluding carboxylic acids is 2. The van der Waals surface area contributed by atoms with Crippen LogP contribution >= 0.6 is 11.3 Å². The zero-order valence-corrected chi connectivity index (χ0v) is 14.5. The van der Waals surface area contributed by atoms with E-state index < -0.39 is 23.9 Å². The summed E-state index contributed by atoms with van der Waals surface area (Å²) >= 11 is 1.18. The van der Waals surface area contributed by atoms with Gasteiger partial charge >= 0.3 is 12.0 Å². The molecule has 8 nitrogen and oxygen atoms in total. The van der Waals surface area contributed by atoms with Crippen LogP contribution < -0.4 is 22.5 Å². The number of hydrogen-bond acceptors (Lipinski definition) is 5. The molecule has 0 saturated heterocycles. The molecule has 2 rings (SSSR count). The van der Waals surface area contributed by atoms with Crippen molar-refractivity contribution in [3.63, 3.8) is 0 Å². The fourth-order valence-corrected chi connectivity index (χ4v) is 3.23. The Bertz CT molecular complexity index is 875. The van der Waals surface area contributed by atoms with Crippen LogP contribution in [0.4, 0.5) is 9.80 Å². The van der Waals surface area contributed by atoms with Crippen molar-refractivity contribution in [3.8, 4) is 10.4 Å². The number of benzene rings is 1. The molecule has 0 bridgehead atoms. The van der Waals surface area contributed by atoms with Crippen LogP contribution in [0.15, 0.2) is 36.4 Å². The maximum Gasteiger partial charge on any atom is 0.320 e. The Kier molecular flexibility index (Phi) is 6.10. The summed E-state index contributed by atoms with van der Waals surface area (Å²) in [5.74, 6) is -1.73. The number of anilines is 1. The van der Waals surface area contributed by atoms with Crippen LogP contribution in [-0.4, -0.2) is 29.1 Å². The van der Waals surface area contributed by atoms with Gasteiger partial charge in [-0.25, -0.2) is 4.79 Å². The summed E-state index contributed by atoms with van der Waals surface area (Å²) in [4.78, 5) is 34.0. The second-order valence-corrected chi connectivity index (χ2v) is 6.47. The molecular weight excluding hydrogens is 356 g/mol. The third kappa shape index (κ3) is 4.91. The lowest BCUT2D eigenvalue weighted by atomic mass is 10.1. The average molecular weight is 374 g/mol. The highest BCUT2D eigenvalue weighted by Crippen LogP contribution is 2.35. The molecule has 26 heavy (non-hydrogen) atoms. The van der Waals surface area contributed by atoms with Gasteiger partial charge in [0.15, 0.2) is 0 Å². The molecular formula is C17H18N4O4S. The molecule has 8 N–H and O–H groups in total. The van der Waals surface area contributed by atoms with Gasteiger partial charge in [-0.15, -0.1) is 11.3 Å². The van der Waals surface area contributed by atoms with Crippen molar-refractivity contribution in [3.05, 3.63) is 47.5 Å². The molecule has 0 aliphatic heterocycles. The molecule has 0 radical (unpaired) electrons. The molecule has 2 aromatic rings. The van der Waals surface area contributed by atoms with E-state index in [2.05, 4.69) is 5.32 Å². The molecule has 9 heteroatoms. The van der Waals surface area contributed by atoms with E-state index >= 15 is 0 Å². The van der Waals surface area contributed by atoms with Gasteiger partial charge in [-0.3, -0.25) is 14.9 Å². The molecule has 0 aliphatic rings. The van der Waals surface area contributed by atoms with Crippen molar-refractivity contribution in [1.29, 1.82) is 0 Å². The molecule has 0 aliphatic carbocycles. The lowest BCUT2D eigenvalue weighted by molar-refractivity contribution is -0.138. The van der Waals surface area contributed by atoms with E-state index in [0.717, 1.165) is 16.0 Å². The first-order chi connectivity index (χ1) is 12.3. The second-order valence-electron chi connectivity index (χ2n) is 5.42. The molecule has 1 aromatic carbocycles. The van der Waals surface area contributed by atoms with Gasteiger partial charge in [0.05, 0.1) is 5.56 Å². The number of aliphatic carboxylic acids is 1. The number of hydrogen-bond donors (Lipinski definition) is 5. The first-order valence-electron chi connectivity index (χ1n) is 7.53. The Balaban J connectivity index is 2.27. The lowest BCUT2D eigenvalue weighted by Crippen LogP contribution is -2.29. The number of carboxylic acid groups (broad SMARTS) is 1. The van der Waals surface area contributed by atoms with Crippen molar-refractivity contribution < 1.29 is 19.5 Å². The van der Waals surface area contributed by atoms with Crippen LogP contribution in [0, 0.1) is 0 Å². The summed E-state index contributed by atoms with van der Waals surface area (Å²) in [5.41, 5.74) is 17.7. The fourth-order valence-electron chi connectivity index (χ4n) is 2.17. The summed E-state index contributed by atoms with van der Waals surface area (Å²) in [6.07, 6.45) is 3.65. The van der Waals surface area contributed by atoms with Crippen molar-refractivity contribution in [2.24, 2.45) is 17.2 Å². The molecule has 3 amide bonds. The molecule has 0 fully saturated rings. The van der Waals surface area contributed by atoms with Gasteiger partial charge in [-0.2, -0.15) is 0 Å². The van der Waals surface area contributed by atoms with Gasteiger partial charge in [0.25, 0.3) is 5.91 Å². The van der Waals surface area contributed by atoms with Crippen molar-refractivity contribution in [2.75, 3.05) is 5.32 Å².